The van der Waals surface area contributed by atoms with E-state index in [9.17, 15) is 34.8 Å². The first kappa shape index (κ1) is 29.8. The molecule has 2 aromatic carbocycles. The third-order valence-corrected chi connectivity index (χ3v) is 6.51. The number of hydrogen-bond acceptors (Lipinski definition) is 8. The van der Waals surface area contributed by atoms with E-state index >= 15 is 0 Å². The predicted octanol–water partition coefficient (Wildman–Crippen LogP) is 1.10. The highest BCUT2D eigenvalue weighted by molar-refractivity contribution is 6.36. The van der Waals surface area contributed by atoms with Gasteiger partial charge in [-0.1, -0.05) is 53.5 Å². The lowest BCUT2D eigenvalue weighted by Gasteiger charge is -2.46. The molecule has 38 heavy (non-hydrogen) atoms. The maximum Gasteiger partial charge on any atom is 0.364 e. The fourth-order valence-electron chi connectivity index (χ4n) is 4.03. The second kappa shape index (κ2) is 12.9. The summed E-state index contributed by atoms with van der Waals surface area (Å²) in [4.78, 5) is 36.5. The zero-order valence-electron chi connectivity index (χ0n) is 20.2. The quantitative estimate of drug-likeness (QED) is 0.244. The number of hydrogen-bond donors (Lipinski definition) is 6. The predicted molar refractivity (Wildman–Crippen MR) is 136 cm³/mol. The number of amides is 2. The Morgan fingerprint density at radius 1 is 1.16 bits per heavy atom. The first-order chi connectivity index (χ1) is 17.9. The minimum absolute atomic E-state index is 0.0660. The van der Waals surface area contributed by atoms with E-state index in [0.717, 1.165) is 6.92 Å². The average Bonchev–Trinajstić information content (AvgIpc) is 2.87. The SMILES string of the molecule is CC(=O)N[C@H]1[C@H]([C@@H](O)[C@H](O)CNC(=O)c2ccc(Cl)cc2Cl)O[C@@](OCc2ccccc2)(C(=O)O)C[C@@H]1O. The molecule has 1 aliphatic rings. The zero-order valence-corrected chi connectivity index (χ0v) is 21.7. The molecule has 2 amide bonds. The van der Waals surface area contributed by atoms with Crippen molar-refractivity contribution in [3.05, 3.63) is 69.7 Å². The number of carboxylic acids is 1. The van der Waals surface area contributed by atoms with Gasteiger partial charge in [-0.25, -0.2) is 4.79 Å². The second-order valence-corrected chi connectivity index (χ2v) is 9.65. The summed E-state index contributed by atoms with van der Waals surface area (Å²) in [5.74, 6) is -5.25. The van der Waals surface area contributed by atoms with Crippen LogP contribution in [0.2, 0.25) is 10.0 Å². The molecule has 206 valence electrons. The number of carbonyl (C=O) groups is 3. The largest absolute Gasteiger partial charge is 0.477 e. The Hall–Kier alpha value is -2.77. The Bertz CT molecular complexity index is 1150. The van der Waals surface area contributed by atoms with E-state index in [1.807, 2.05) is 0 Å². The van der Waals surface area contributed by atoms with Crippen molar-refractivity contribution in [1.82, 2.24) is 10.6 Å². The Balaban J connectivity index is 1.78. The van der Waals surface area contributed by atoms with E-state index in [0.29, 0.717) is 10.6 Å². The van der Waals surface area contributed by atoms with Crippen molar-refractivity contribution in [1.29, 1.82) is 0 Å². The molecule has 0 radical (unpaired) electrons. The molecule has 1 aliphatic heterocycles. The minimum atomic E-state index is -2.41. The van der Waals surface area contributed by atoms with Gasteiger partial charge in [-0.15, -0.1) is 0 Å². The molecule has 0 unspecified atom stereocenters. The van der Waals surface area contributed by atoms with Gasteiger partial charge >= 0.3 is 5.97 Å². The summed E-state index contributed by atoms with van der Waals surface area (Å²) >= 11 is 11.9. The lowest BCUT2D eigenvalue weighted by Crippen LogP contribution is -2.68. The Labute approximate surface area is 228 Å². The molecule has 0 saturated carbocycles. The molecule has 13 heteroatoms. The lowest BCUT2D eigenvalue weighted by atomic mass is 9.88. The number of aliphatic hydroxyl groups excluding tert-OH is 3. The number of benzene rings is 2. The van der Waals surface area contributed by atoms with Crippen LogP contribution in [-0.2, 0) is 25.7 Å². The van der Waals surface area contributed by atoms with Crippen LogP contribution in [0.4, 0.5) is 0 Å². The number of ether oxygens (including phenoxy) is 2. The smallest absolute Gasteiger partial charge is 0.364 e. The van der Waals surface area contributed by atoms with Crippen LogP contribution in [0.15, 0.2) is 48.5 Å². The fraction of sp³-hybridized carbons (Fsp3) is 0.400. The summed E-state index contributed by atoms with van der Waals surface area (Å²) in [6.07, 6.45) is -7.33. The Morgan fingerprint density at radius 2 is 1.84 bits per heavy atom. The summed E-state index contributed by atoms with van der Waals surface area (Å²) in [6, 6.07) is 11.5. The van der Waals surface area contributed by atoms with E-state index in [-0.39, 0.29) is 17.2 Å². The van der Waals surface area contributed by atoms with Crippen molar-refractivity contribution >= 4 is 41.0 Å². The highest BCUT2D eigenvalue weighted by Crippen LogP contribution is 2.34. The monoisotopic (exact) mass is 570 g/mol. The molecule has 1 saturated heterocycles. The molecular formula is C25H28Cl2N2O9. The third kappa shape index (κ3) is 7.20. The van der Waals surface area contributed by atoms with Crippen molar-refractivity contribution in [2.75, 3.05) is 6.54 Å². The van der Waals surface area contributed by atoms with E-state index in [1.165, 1.54) is 18.2 Å². The van der Waals surface area contributed by atoms with Gasteiger partial charge in [0, 0.05) is 24.9 Å². The minimum Gasteiger partial charge on any atom is -0.477 e. The van der Waals surface area contributed by atoms with Crippen LogP contribution >= 0.6 is 23.2 Å². The first-order valence-corrected chi connectivity index (χ1v) is 12.3. The molecule has 0 spiro atoms. The lowest BCUT2D eigenvalue weighted by molar-refractivity contribution is -0.314. The van der Waals surface area contributed by atoms with Crippen molar-refractivity contribution < 1.29 is 44.3 Å². The number of rotatable bonds is 10. The van der Waals surface area contributed by atoms with Gasteiger partial charge in [0.25, 0.3) is 11.7 Å². The normalized spacial score (nSPS) is 24.7. The van der Waals surface area contributed by atoms with Gasteiger partial charge in [0.2, 0.25) is 5.91 Å². The molecule has 6 N–H and O–H groups in total. The summed E-state index contributed by atoms with van der Waals surface area (Å²) in [5.41, 5.74) is 0.688. The standard InChI is InChI=1S/C25H28Cl2N2O9/c1-13(30)29-20-18(31)10-25(24(35)36,37-12-14-5-3-2-4-6-14)38-22(20)21(33)19(32)11-28-23(34)16-8-7-15(26)9-17(16)27/h2-9,18-22,31-33H,10-12H2,1H3,(H,28,34)(H,29,30)(H,35,36)/t18-,19+,20+,21-,22+,25+/m0/s1. The molecular weight excluding hydrogens is 543 g/mol. The van der Waals surface area contributed by atoms with Gasteiger partial charge < -0.3 is 40.5 Å². The highest BCUT2D eigenvalue weighted by atomic mass is 35.5. The van der Waals surface area contributed by atoms with Gasteiger partial charge in [-0.2, -0.15) is 0 Å². The fourth-order valence-corrected chi connectivity index (χ4v) is 4.52. The second-order valence-electron chi connectivity index (χ2n) is 8.80. The molecule has 6 atom stereocenters. The van der Waals surface area contributed by atoms with E-state index in [4.69, 9.17) is 32.7 Å². The van der Waals surface area contributed by atoms with Gasteiger partial charge in [0.15, 0.2) is 0 Å². The van der Waals surface area contributed by atoms with Crippen molar-refractivity contribution in [3.63, 3.8) is 0 Å². The van der Waals surface area contributed by atoms with E-state index < -0.39 is 67.0 Å². The molecule has 3 rings (SSSR count). The molecule has 1 fully saturated rings. The molecule has 0 bridgehead atoms. The summed E-state index contributed by atoms with van der Waals surface area (Å²) in [6.45, 7) is 0.453. The van der Waals surface area contributed by atoms with Crippen LogP contribution in [0.1, 0.15) is 29.3 Å². The molecule has 2 aromatic rings. The summed E-state index contributed by atoms with van der Waals surface area (Å²) in [7, 11) is 0. The van der Waals surface area contributed by atoms with Crippen LogP contribution in [-0.4, -0.2) is 81.0 Å². The number of carbonyl (C=O) groups excluding carboxylic acids is 2. The van der Waals surface area contributed by atoms with Crippen molar-refractivity contribution in [2.45, 2.75) is 56.2 Å². The van der Waals surface area contributed by atoms with Crippen LogP contribution in [0.3, 0.4) is 0 Å². The van der Waals surface area contributed by atoms with Crippen LogP contribution in [0.25, 0.3) is 0 Å². The van der Waals surface area contributed by atoms with E-state index in [2.05, 4.69) is 10.6 Å². The Morgan fingerprint density at radius 3 is 2.45 bits per heavy atom. The first-order valence-electron chi connectivity index (χ1n) is 11.6. The zero-order chi connectivity index (χ0) is 28.0. The number of aliphatic hydroxyl groups is 3. The van der Waals surface area contributed by atoms with Crippen LogP contribution in [0.5, 0.6) is 0 Å². The van der Waals surface area contributed by atoms with E-state index in [1.54, 1.807) is 30.3 Å². The Kier molecular flexibility index (Phi) is 10.1. The highest BCUT2D eigenvalue weighted by Gasteiger charge is 2.55. The number of halogens is 2. The van der Waals surface area contributed by atoms with Crippen LogP contribution < -0.4 is 10.6 Å². The van der Waals surface area contributed by atoms with Crippen LogP contribution in [0, 0.1) is 0 Å². The number of aliphatic carboxylic acids is 1. The molecule has 1 heterocycles. The maximum atomic E-state index is 12.5. The molecule has 0 aliphatic carbocycles. The topological polar surface area (TPSA) is 175 Å². The third-order valence-electron chi connectivity index (χ3n) is 5.96. The average molecular weight is 571 g/mol. The molecule has 0 aromatic heterocycles. The van der Waals surface area contributed by atoms with Gasteiger partial charge in [0.1, 0.15) is 12.2 Å². The van der Waals surface area contributed by atoms with Crippen molar-refractivity contribution in [3.8, 4) is 0 Å². The van der Waals surface area contributed by atoms with Gasteiger partial charge in [0.05, 0.1) is 35.4 Å². The van der Waals surface area contributed by atoms with Gasteiger partial charge in [-0.05, 0) is 23.8 Å². The maximum absolute atomic E-state index is 12.5. The number of nitrogens with one attached hydrogen (secondary N) is 2. The molecule has 11 nitrogen and oxygen atoms in total. The number of carboxylic acid groups (broad SMARTS) is 1. The summed E-state index contributed by atoms with van der Waals surface area (Å²) in [5, 5.41) is 47.6. The summed E-state index contributed by atoms with van der Waals surface area (Å²) < 4.78 is 11.3. The van der Waals surface area contributed by atoms with Crippen molar-refractivity contribution in [2.24, 2.45) is 0 Å². The van der Waals surface area contributed by atoms with Gasteiger partial charge in [-0.3, -0.25) is 9.59 Å².